The Balaban J connectivity index is 2.23. The first-order chi connectivity index (χ1) is 9.06. The van der Waals surface area contributed by atoms with Gasteiger partial charge < -0.3 is 9.84 Å². The molecule has 5 heteroatoms. The van der Waals surface area contributed by atoms with Crippen LogP contribution in [0.2, 0.25) is 5.02 Å². The van der Waals surface area contributed by atoms with Crippen molar-refractivity contribution in [1.29, 1.82) is 0 Å². The predicted octanol–water partition coefficient (Wildman–Crippen LogP) is 4.31. The van der Waals surface area contributed by atoms with Crippen LogP contribution in [0.25, 0.3) is 0 Å². The highest BCUT2D eigenvalue weighted by Crippen LogP contribution is 2.25. The molecular formula is C14H10BrClO3. The molecule has 0 saturated carbocycles. The fourth-order valence-corrected chi connectivity index (χ4v) is 1.94. The van der Waals surface area contributed by atoms with Crippen LogP contribution in [0.4, 0.5) is 0 Å². The van der Waals surface area contributed by atoms with Crippen LogP contribution in [-0.2, 0) is 4.79 Å². The number of carboxylic acids is 1. The first kappa shape index (κ1) is 13.9. The van der Waals surface area contributed by atoms with Crippen LogP contribution in [0, 0.1) is 0 Å². The van der Waals surface area contributed by atoms with E-state index in [4.69, 9.17) is 16.3 Å². The number of ether oxygens (including phenoxy) is 1. The number of hydrogen-bond donors (Lipinski definition) is 1. The quantitative estimate of drug-likeness (QED) is 0.901. The molecular weight excluding hydrogens is 332 g/mol. The van der Waals surface area contributed by atoms with Crippen molar-refractivity contribution in [3.63, 3.8) is 0 Å². The van der Waals surface area contributed by atoms with E-state index in [1.165, 1.54) is 0 Å². The van der Waals surface area contributed by atoms with E-state index in [-0.39, 0.29) is 0 Å². The minimum absolute atomic E-state index is 0.491. The summed E-state index contributed by atoms with van der Waals surface area (Å²) < 4.78 is 6.39. The topological polar surface area (TPSA) is 46.5 Å². The maximum Gasteiger partial charge on any atom is 0.349 e. The van der Waals surface area contributed by atoms with Gasteiger partial charge in [0, 0.05) is 15.1 Å². The third-order valence-electron chi connectivity index (χ3n) is 2.46. The van der Waals surface area contributed by atoms with Crippen LogP contribution >= 0.6 is 27.5 Å². The molecule has 0 aromatic heterocycles. The van der Waals surface area contributed by atoms with Gasteiger partial charge in [-0.1, -0.05) is 39.7 Å². The van der Waals surface area contributed by atoms with Gasteiger partial charge in [0.1, 0.15) is 5.75 Å². The predicted molar refractivity (Wildman–Crippen MR) is 76.6 cm³/mol. The number of halogens is 2. The molecule has 0 amide bonds. The summed E-state index contributed by atoms with van der Waals surface area (Å²) in [7, 11) is 0. The fraction of sp³-hybridized carbons (Fsp3) is 0.0714. The molecule has 0 aliphatic rings. The number of carboxylic acid groups (broad SMARTS) is 1. The van der Waals surface area contributed by atoms with Gasteiger partial charge in [-0.3, -0.25) is 0 Å². The van der Waals surface area contributed by atoms with E-state index in [0.29, 0.717) is 16.3 Å². The standard InChI is InChI=1S/C14H10BrClO3/c15-10-3-7-12(8-4-10)19-13(14(17)18)9-1-5-11(16)6-2-9/h1-8,13H,(H,17,18). The van der Waals surface area contributed by atoms with Gasteiger partial charge in [0.25, 0.3) is 0 Å². The molecule has 19 heavy (non-hydrogen) atoms. The Labute approximate surface area is 123 Å². The van der Waals surface area contributed by atoms with E-state index < -0.39 is 12.1 Å². The van der Waals surface area contributed by atoms with Gasteiger partial charge in [-0.2, -0.15) is 0 Å². The normalized spacial score (nSPS) is 11.9. The summed E-state index contributed by atoms with van der Waals surface area (Å²) in [5.41, 5.74) is 0.541. The van der Waals surface area contributed by atoms with Crippen LogP contribution in [-0.4, -0.2) is 11.1 Å². The summed E-state index contributed by atoms with van der Waals surface area (Å²) in [6, 6.07) is 13.5. The number of carbonyl (C=O) groups is 1. The number of hydrogen-bond acceptors (Lipinski definition) is 2. The zero-order valence-corrected chi connectivity index (χ0v) is 12.1. The largest absolute Gasteiger partial charge is 0.478 e. The lowest BCUT2D eigenvalue weighted by Crippen LogP contribution is -2.18. The molecule has 2 rings (SSSR count). The van der Waals surface area contributed by atoms with Gasteiger partial charge in [-0.05, 0) is 36.4 Å². The molecule has 1 N–H and O–H groups in total. The zero-order chi connectivity index (χ0) is 13.8. The van der Waals surface area contributed by atoms with Crippen molar-refractivity contribution < 1.29 is 14.6 Å². The van der Waals surface area contributed by atoms with Gasteiger partial charge >= 0.3 is 5.97 Å². The van der Waals surface area contributed by atoms with Crippen molar-refractivity contribution in [2.45, 2.75) is 6.10 Å². The highest BCUT2D eigenvalue weighted by atomic mass is 79.9. The maximum atomic E-state index is 11.3. The third kappa shape index (κ3) is 3.72. The van der Waals surface area contributed by atoms with Crippen LogP contribution < -0.4 is 4.74 Å². The van der Waals surface area contributed by atoms with Crippen molar-refractivity contribution in [3.05, 3.63) is 63.6 Å². The lowest BCUT2D eigenvalue weighted by Gasteiger charge is -2.15. The van der Waals surface area contributed by atoms with Crippen LogP contribution in [0.3, 0.4) is 0 Å². The molecule has 0 saturated heterocycles. The molecule has 1 atom stereocenters. The Bertz CT molecular complexity index is 566. The molecule has 0 spiro atoms. The average molecular weight is 342 g/mol. The van der Waals surface area contributed by atoms with Crippen molar-refractivity contribution >= 4 is 33.5 Å². The van der Waals surface area contributed by atoms with E-state index in [0.717, 1.165) is 4.47 Å². The Hall–Kier alpha value is -1.52. The second kappa shape index (κ2) is 6.08. The molecule has 2 aromatic rings. The molecule has 1 unspecified atom stereocenters. The van der Waals surface area contributed by atoms with E-state index in [9.17, 15) is 9.90 Å². The fourth-order valence-electron chi connectivity index (χ4n) is 1.55. The van der Waals surface area contributed by atoms with Crippen molar-refractivity contribution in [3.8, 4) is 5.75 Å². The number of aliphatic carboxylic acids is 1. The second-order valence-corrected chi connectivity index (χ2v) is 5.19. The molecule has 0 bridgehead atoms. The molecule has 0 fully saturated rings. The van der Waals surface area contributed by atoms with Crippen molar-refractivity contribution in [1.82, 2.24) is 0 Å². The minimum Gasteiger partial charge on any atom is -0.478 e. The smallest absolute Gasteiger partial charge is 0.349 e. The first-order valence-corrected chi connectivity index (χ1v) is 6.64. The van der Waals surface area contributed by atoms with E-state index in [1.54, 1.807) is 48.5 Å². The molecule has 0 radical (unpaired) electrons. The minimum atomic E-state index is -1.06. The summed E-state index contributed by atoms with van der Waals surface area (Å²) in [5, 5.41) is 9.80. The zero-order valence-electron chi connectivity index (χ0n) is 9.72. The molecule has 0 heterocycles. The molecule has 2 aromatic carbocycles. The Morgan fingerprint density at radius 2 is 1.68 bits per heavy atom. The van der Waals surface area contributed by atoms with Gasteiger partial charge in [-0.25, -0.2) is 4.79 Å². The summed E-state index contributed by atoms with van der Waals surface area (Å²) in [6.45, 7) is 0. The summed E-state index contributed by atoms with van der Waals surface area (Å²) >= 11 is 9.09. The Morgan fingerprint density at radius 3 is 2.21 bits per heavy atom. The maximum absolute atomic E-state index is 11.3. The number of rotatable bonds is 4. The van der Waals surface area contributed by atoms with Crippen LogP contribution in [0.5, 0.6) is 5.75 Å². The SMILES string of the molecule is O=C(O)C(Oc1ccc(Br)cc1)c1ccc(Cl)cc1. The third-order valence-corrected chi connectivity index (χ3v) is 3.25. The number of benzene rings is 2. The molecule has 3 nitrogen and oxygen atoms in total. The van der Waals surface area contributed by atoms with Crippen LogP contribution in [0.1, 0.15) is 11.7 Å². The lowest BCUT2D eigenvalue weighted by molar-refractivity contribution is -0.145. The summed E-state index contributed by atoms with van der Waals surface area (Å²) in [6.07, 6.45) is -1.06. The van der Waals surface area contributed by atoms with Gasteiger partial charge in [0.15, 0.2) is 0 Å². The molecule has 0 aliphatic heterocycles. The van der Waals surface area contributed by atoms with Crippen LogP contribution in [0.15, 0.2) is 53.0 Å². The van der Waals surface area contributed by atoms with Crippen molar-refractivity contribution in [2.75, 3.05) is 0 Å². The Kier molecular flexibility index (Phi) is 4.45. The van der Waals surface area contributed by atoms with Gasteiger partial charge in [0.05, 0.1) is 0 Å². The summed E-state index contributed by atoms with van der Waals surface area (Å²) in [4.78, 5) is 11.3. The molecule has 98 valence electrons. The first-order valence-electron chi connectivity index (χ1n) is 5.47. The highest BCUT2D eigenvalue weighted by Gasteiger charge is 2.21. The second-order valence-electron chi connectivity index (χ2n) is 3.84. The van der Waals surface area contributed by atoms with E-state index in [1.807, 2.05) is 0 Å². The average Bonchev–Trinajstić information content (AvgIpc) is 2.39. The van der Waals surface area contributed by atoms with Gasteiger partial charge in [0.2, 0.25) is 6.10 Å². The van der Waals surface area contributed by atoms with E-state index >= 15 is 0 Å². The van der Waals surface area contributed by atoms with Crippen molar-refractivity contribution in [2.24, 2.45) is 0 Å². The van der Waals surface area contributed by atoms with E-state index in [2.05, 4.69) is 15.9 Å². The molecule has 0 aliphatic carbocycles. The lowest BCUT2D eigenvalue weighted by atomic mass is 10.1. The Morgan fingerprint density at radius 1 is 1.11 bits per heavy atom. The highest BCUT2D eigenvalue weighted by molar-refractivity contribution is 9.10. The summed E-state index contributed by atoms with van der Waals surface area (Å²) in [5.74, 6) is -0.559. The monoisotopic (exact) mass is 340 g/mol. The van der Waals surface area contributed by atoms with Gasteiger partial charge in [-0.15, -0.1) is 0 Å².